The van der Waals surface area contributed by atoms with Crippen molar-refractivity contribution in [1.82, 2.24) is 19.1 Å². The second-order valence-corrected chi connectivity index (χ2v) is 7.68. The lowest BCUT2D eigenvalue weighted by Gasteiger charge is -2.27. The van der Waals surface area contributed by atoms with Gasteiger partial charge in [0.2, 0.25) is 0 Å². The van der Waals surface area contributed by atoms with E-state index < -0.39 is 11.7 Å². The summed E-state index contributed by atoms with van der Waals surface area (Å²) in [6, 6.07) is 11.2. The maximum atomic E-state index is 13.3. The van der Waals surface area contributed by atoms with Crippen molar-refractivity contribution >= 4 is 11.6 Å². The fraction of sp³-hybridized carbons (Fsp3) is 0.381. The molecule has 1 amide bonds. The Bertz CT molecular complexity index is 1050. The number of para-hydroxylation sites is 1. The zero-order valence-corrected chi connectivity index (χ0v) is 17.0. The third-order valence-corrected chi connectivity index (χ3v) is 4.34. The van der Waals surface area contributed by atoms with Crippen LogP contribution in [0.2, 0.25) is 0 Å². The van der Waals surface area contributed by atoms with Crippen LogP contribution in [0, 0.1) is 6.92 Å². The van der Waals surface area contributed by atoms with Gasteiger partial charge in [0.25, 0.3) is 5.56 Å². The molecule has 3 rings (SSSR count). The SMILES string of the molecule is CCN(Cc1nn2ccc(C)c2c(=O)n1-c1ccccc1)C(=O)OC(C)(C)C. The molecule has 2 heterocycles. The summed E-state index contributed by atoms with van der Waals surface area (Å²) in [5, 5.41) is 4.63. The first-order valence-electron chi connectivity index (χ1n) is 9.34. The van der Waals surface area contributed by atoms with Crippen LogP contribution in [0.1, 0.15) is 39.1 Å². The molecule has 7 nitrogen and oxygen atoms in total. The summed E-state index contributed by atoms with van der Waals surface area (Å²) in [6.07, 6.45) is 1.32. The first kappa shape index (κ1) is 19.7. The number of rotatable bonds is 4. The summed E-state index contributed by atoms with van der Waals surface area (Å²) in [6.45, 7) is 9.81. The zero-order valence-electron chi connectivity index (χ0n) is 17.0. The van der Waals surface area contributed by atoms with E-state index in [1.807, 2.05) is 71.0 Å². The molecule has 0 aliphatic rings. The third kappa shape index (κ3) is 3.93. The lowest BCUT2D eigenvalue weighted by Crippen LogP contribution is -2.38. The summed E-state index contributed by atoms with van der Waals surface area (Å²) < 4.78 is 8.64. The Balaban J connectivity index is 2.11. The lowest BCUT2D eigenvalue weighted by molar-refractivity contribution is 0.0237. The average molecular weight is 382 g/mol. The van der Waals surface area contributed by atoms with Crippen LogP contribution in [0.25, 0.3) is 11.2 Å². The van der Waals surface area contributed by atoms with Gasteiger partial charge < -0.3 is 9.64 Å². The molecule has 0 unspecified atom stereocenters. The molecule has 0 spiro atoms. The number of aryl methyl sites for hydroxylation is 1. The van der Waals surface area contributed by atoms with Gasteiger partial charge in [-0.25, -0.2) is 9.31 Å². The molecule has 2 aromatic heterocycles. The Morgan fingerprint density at radius 1 is 1.18 bits per heavy atom. The highest BCUT2D eigenvalue weighted by Crippen LogP contribution is 2.15. The van der Waals surface area contributed by atoms with Crippen LogP contribution < -0.4 is 5.56 Å². The fourth-order valence-corrected chi connectivity index (χ4v) is 3.01. The van der Waals surface area contributed by atoms with Gasteiger partial charge in [0.15, 0.2) is 5.82 Å². The van der Waals surface area contributed by atoms with Crippen molar-refractivity contribution in [2.45, 2.75) is 46.8 Å². The third-order valence-electron chi connectivity index (χ3n) is 4.34. The van der Waals surface area contributed by atoms with Crippen molar-refractivity contribution in [2.75, 3.05) is 6.54 Å². The van der Waals surface area contributed by atoms with E-state index in [4.69, 9.17) is 4.74 Å². The van der Waals surface area contributed by atoms with E-state index >= 15 is 0 Å². The minimum absolute atomic E-state index is 0.155. The van der Waals surface area contributed by atoms with E-state index in [9.17, 15) is 9.59 Å². The normalized spacial score (nSPS) is 11.6. The van der Waals surface area contributed by atoms with Crippen LogP contribution >= 0.6 is 0 Å². The highest BCUT2D eigenvalue weighted by atomic mass is 16.6. The molecule has 0 atom stereocenters. The van der Waals surface area contributed by atoms with Gasteiger partial charge in [-0.15, -0.1) is 0 Å². The zero-order chi connectivity index (χ0) is 20.5. The lowest BCUT2D eigenvalue weighted by atomic mass is 10.2. The first-order valence-corrected chi connectivity index (χ1v) is 9.34. The molecule has 3 aromatic rings. The number of amides is 1. The summed E-state index contributed by atoms with van der Waals surface area (Å²) in [5.41, 5.74) is 1.32. The van der Waals surface area contributed by atoms with Gasteiger partial charge >= 0.3 is 6.09 Å². The Hall–Kier alpha value is -3.09. The van der Waals surface area contributed by atoms with Crippen LogP contribution in [0.5, 0.6) is 0 Å². The Labute approximate surface area is 164 Å². The van der Waals surface area contributed by atoms with Crippen molar-refractivity contribution in [3.8, 4) is 5.69 Å². The van der Waals surface area contributed by atoms with Crippen LogP contribution in [-0.4, -0.2) is 37.3 Å². The molecule has 148 valence electrons. The summed E-state index contributed by atoms with van der Waals surface area (Å²) in [5.74, 6) is 0.465. The van der Waals surface area contributed by atoms with Crippen molar-refractivity contribution in [2.24, 2.45) is 0 Å². The Morgan fingerprint density at radius 3 is 2.46 bits per heavy atom. The van der Waals surface area contributed by atoms with E-state index in [0.29, 0.717) is 23.6 Å². The van der Waals surface area contributed by atoms with Gasteiger partial charge in [-0.05, 0) is 58.4 Å². The topological polar surface area (TPSA) is 68.8 Å². The van der Waals surface area contributed by atoms with Crippen LogP contribution in [0.3, 0.4) is 0 Å². The molecule has 0 aliphatic heterocycles. The molecular formula is C21H26N4O3. The molecule has 28 heavy (non-hydrogen) atoms. The number of carbonyl (C=O) groups is 1. The highest BCUT2D eigenvalue weighted by Gasteiger charge is 2.24. The Morgan fingerprint density at radius 2 is 1.86 bits per heavy atom. The fourth-order valence-electron chi connectivity index (χ4n) is 3.01. The maximum Gasteiger partial charge on any atom is 0.410 e. The highest BCUT2D eigenvalue weighted by molar-refractivity contribution is 5.68. The van der Waals surface area contributed by atoms with Crippen LogP contribution in [0.15, 0.2) is 47.4 Å². The number of nitrogens with zero attached hydrogens (tertiary/aromatic N) is 4. The van der Waals surface area contributed by atoms with Crippen molar-refractivity contribution in [1.29, 1.82) is 0 Å². The Kier molecular flexibility index (Phi) is 5.27. The monoisotopic (exact) mass is 382 g/mol. The number of hydrogen-bond acceptors (Lipinski definition) is 4. The molecule has 0 saturated carbocycles. The molecule has 0 radical (unpaired) electrons. The van der Waals surface area contributed by atoms with Gasteiger partial charge in [0.05, 0.1) is 12.2 Å². The molecule has 0 N–H and O–H groups in total. The van der Waals surface area contributed by atoms with Gasteiger partial charge in [0, 0.05) is 12.7 Å². The van der Waals surface area contributed by atoms with Gasteiger partial charge in [-0.3, -0.25) is 9.36 Å². The summed E-state index contributed by atoms with van der Waals surface area (Å²) in [4.78, 5) is 27.4. The van der Waals surface area contributed by atoms with Gasteiger partial charge in [-0.2, -0.15) is 5.10 Å². The first-order chi connectivity index (χ1) is 13.2. The number of aromatic nitrogens is 3. The summed E-state index contributed by atoms with van der Waals surface area (Å²) in [7, 11) is 0. The predicted octanol–water partition coefficient (Wildman–Crippen LogP) is 3.55. The standard InChI is InChI=1S/C21H26N4O3/c1-6-23(20(27)28-21(3,4)5)14-17-22-24-13-12-15(2)18(24)19(26)25(17)16-10-8-7-9-11-16/h7-13H,6,14H2,1-5H3. The molecular weight excluding hydrogens is 356 g/mol. The maximum absolute atomic E-state index is 13.3. The van der Waals surface area contributed by atoms with E-state index in [2.05, 4.69) is 5.10 Å². The number of fused-ring (bicyclic) bond motifs is 1. The van der Waals surface area contributed by atoms with Crippen LogP contribution in [0.4, 0.5) is 4.79 Å². The van der Waals surface area contributed by atoms with E-state index in [1.165, 1.54) is 4.90 Å². The average Bonchev–Trinajstić information content (AvgIpc) is 3.00. The van der Waals surface area contributed by atoms with Crippen molar-refractivity contribution in [3.05, 3.63) is 64.3 Å². The number of carbonyl (C=O) groups excluding carboxylic acids is 1. The number of hydrogen-bond donors (Lipinski definition) is 0. The molecule has 7 heteroatoms. The second-order valence-electron chi connectivity index (χ2n) is 7.68. The summed E-state index contributed by atoms with van der Waals surface area (Å²) >= 11 is 0. The van der Waals surface area contributed by atoms with Gasteiger partial charge in [-0.1, -0.05) is 18.2 Å². The van der Waals surface area contributed by atoms with Crippen molar-refractivity contribution in [3.63, 3.8) is 0 Å². The predicted molar refractivity (Wildman–Crippen MR) is 108 cm³/mol. The quantitative estimate of drug-likeness (QED) is 0.692. The van der Waals surface area contributed by atoms with E-state index in [1.54, 1.807) is 15.3 Å². The molecule has 0 aliphatic carbocycles. The smallest absolute Gasteiger partial charge is 0.410 e. The molecule has 0 saturated heterocycles. The molecule has 0 fully saturated rings. The second kappa shape index (κ2) is 7.50. The molecule has 0 bridgehead atoms. The minimum Gasteiger partial charge on any atom is -0.444 e. The van der Waals surface area contributed by atoms with Crippen LogP contribution in [-0.2, 0) is 11.3 Å². The number of ether oxygens (including phenoxy) is 1. The minimum atomic E-state index is -0.599. The van der Waals surface area contributed by atoms with E-state index in [-0.39, 0.29) is 12.1 Å². The molecule has 1 aromatic carbocycles. The number of benzene rings is 1. The van der Waals surface area contributed by atoms with Gasteiger partial charge in [0.1, 0.15) is 11.1 Å². The largest absolute Gasteiger partial charge is 0.444 e. The van der Waals surface area contributed by atoms with E-state index in [0.717, 1.165) is 5.56 Å². The van der Waals surface area contributed by atoms with Crippen molar-refractivity contribution < 1.29 is 9.53 Å².